The van der Waals surface area contributed by atoms with Gasteiger partial charge < -0.3 is 15.1 Å². The van der Waals surface area contributed by atoms with E-state index < -0.39 is 11.4 Å². The molecule has 2 heterocycles. The van der Waals surface area contributed by atoms with E-state index in [0.717, 1.165) is 62.5 Å². The van der Waals surface area contributed by atoms with E-state index in [4.69, 9.17) is 5.11 Å². The molecule has 1 unspecified atom stereocenters. The van der Waals surface area contributed by atoms with Crippen LogP contribution in [0.25, 0.3) is 0 Å². The number of amides is 1. The van der Waals surface area contributed by atoms with Crippen molar-refractivity contribution in [2.75, 3.05) is 12.3 Å². The van der Waals surface area contributed by atoms with Crippen LogP contribution in [0.5, 0.6) is 0 Å². The highest BCUT2D eigenvalue weighted by Crippen LogP contribution is 2.24. The predicted molar refractivity (Wildman–Crippen MR) is 107 cm³/mol. The smallest absolute Gasteiger partial charge is 0.364 e. The molecule has 1 aromatic heterocycles. The molecule has 1 aliphatic heterocycles. The monoisotopic (exact) mass is 394 g/mol. The third kappa shape index (κ3) is 8.30. The summed E-state index contributed by atoms with van der Waals surface area (Å²) in [4.78, 5) is 29.1. The van der Waals surface area contributed by atoms with Crippen LogP contribution in [0, 0.1) is 0 Å². The largest absolute Gasteiger partial charge is 0.473 e. The molecule has 2 N–H and O–H groups in total. The summed E-state index contributed by atoms with van der Waals surface area (Å²) in [7, 11) is 0. The van der Waals surface area contributed by atoms with Gasteiger partial charge in [0.1, 0.15) is 0 Å². The van der Waals surface area contributed by atoms with Crippen molar-refractivity contribution in [2.24, 2.45) is 0 Å². The number of hydrogen-bond acceptors (Lipinski definition) is 5. The number of likely N-dealkylation sites (tertiary alicyclic amines) is 1. The van der Waals surface area contributed by atoms with Crippen molar-refractivity contribution in [3.05, 3.63) is 30.1 Å². The molecular formula is C20H30N2O4S. The summed E-state index contributed by atoms with van der Waals surface area (Å²) < 4.78 is 0. The van der Waals surface area contributed by atoms with E-state index in [0.29, 0.717) is 25.0 Å². The van der Waals surface area contributed by atoms with Crippen molar-refractivity contribution in [3.8, 4) is 0 Å². The number of carbonyl (C=O) groups excluding carboxylic acids is 1. The van der Waals surface area contributed by atoms with E-state index in [2.05, 4.69) is 4.98 Å². The second-order valence-electron chi connectivity index (χ2n) is 7.06. The minimum Gasteiger partial charge on any atom is -0.473 e. The van der Waals surface area contributed by atoms with Crippen LogP contribution in [0.3, 0.4) is 0 Å². The molecule has 1 amide bonds. The molecule has 2 atom stereocenters. The quantitative estimate of drug-likeness (QED) is 0.556. The number of aromatic nitrogens is 1. The van der Waals surface area contributed by atoms with Crippen LogP contribution in [0.2, 0.25) is 0 Å². The number of unbranched alkanes of at least 4 members (excludes halogenated alkanes) is 2. The number of piperidine rings is 1. The van der Waals surface area contributed by atoms with Crippen LogP contribution in [-0.2, 0) is 11.2 Å². The van der Waals surface area contributed by atoms with Crippen LogP contribution in [0.15, 0.2) is 24.4 Å². The van der Waals surface area contributed by atoms with Crippen LogP contribution in [0.1, 0.15) is 57.1 Å². The molecule has 1 saturated heterocycles. The van der Waals surface area contributed by atoms with Crippen molar-refractivity contribution in [3.63, 3.8) is 0 Å². The molecule has 0 radical (unpaired) electrons. The summed E-state index contributed by atoms with van der Waals surface area (Å²) >= 11 is 0.934. The first-order valence-corrected chi connectivity index (χ1v) is 10.8. The van der Waals surface area contributed by atoms with Gasteiger partial charge in [-0.15, -0.1) is 0 Å². The fraction of sp³-hybridized carbons (Fsp3) is 0.650. The molecule has 0 bridgehead atoms. The minimum absolute atomic E-state index is 0.207. The summed E-state index contributed by atoms with van der Waals surface area (Å²) in [6.07, 6.45) is 8.54. The van der Waals surface area contributed by atoms with Gasteiger partial charge in [0, 0.05) is 43.1 Å². The Morgan fingerprint density at radius 2 is 2.19 bits per heavy atom. The van der Waals surface area contributed by atoms with Crippen LogP contribution in [0.4, 0.5) is 4.79 Å². The lowest BCUT2D eigenvalue weighted by Crippen LogP contribution is -2.44. The van der Waals surface area contributed by atoms with Gasteiger partial charge in [0.25, 0.3) is 0 Å². The Bertz CT molecular complexity index is 585. The van der Waals surface area contributed by atoms with Gasteiger partial charge in [0.15, 0.2) is 0 Å². The Balaban J connectivity index is 1.72. The molecule has 6 nitrogen and oxygen atoms in total. The Kier molecular flexibility index (Phi) is 9.62. The average Bonchev–Trinajstić information content (AvgIpc) is 2.65. The number of aliphatic hydroxyl groups excluding tert-OH is 1. The maximum atomic E-state index is 12.3. The average molecular weight is 395 g/mol. The molecule has 1 aliphatic rings. The molecular weight excluding hydrogens is 364 g/mol. The van der Waals surface area contributed by atoms with Crippen LogP contribution >= 0.6 is 11.8 Å². The summed E-state index contributed by atoms with van der Waals surface area (Å²) in [5, 5.41) is 18.1. The van der Waals surface area contributed by atoms with Crippen molar-refractivity contribution in [1.82, 2.24) is 9.88 Å². The zero-order valence-electron chi connectivity index (χ0n) is 15.8. The molecule has 0 aliphatic carbocycles. The summed E-state index contributed by atoms with van der Waals surface area (Å²) in [5.74, 6) is 0.831. The fourth-order valence-electron chi connectivity index (χ4n) is 3.57. The summed E-state index contributed by atoms with van der Waals surface area (Å²) in [5.41, 5.74) is 0.890. The van der Waals surface area contributed by atoms with Gasteiger partial charge >= 0.3 is 5.30 Å². The number of aliphatic hydroxyl groups is 1. The third-order valence-corrected chi connectivity index (χ3v) is 5.70. The van der Waals surface area contributed by atoms with E-state index >= 15 is 0 Å². The first-order chi connectivity index (χ1) is 13.1. The number of carbonyl (C=O) groups is 2. The van der Waals surface area contributed by atoms with Crippen LogP contribution in [-0.4, -0.2) is 55.7 Å². The van der Waals surface area contributed by atoms with Gasteiger partial charge in [-0.3, -0.25) is 9.78 Å². The van der Waals surface area contributed by atoms with Crippen molar-refractivity contribution in [2.45, 2.75) is 69.9 Å². The fourth-order valence-corrected chi connectivity index (χ4v) is 4.09. The van der Waals surface area contributed by atoms with E-state index in [-0.39, 0.29) is 11.9 Å². The zero-order valence-corrected chi connectivity index (χ0v) is 16.6. The van der Waals surface area contributed by atoms with Crippen molar-refractivity contribution >= 4 is 23.0 Å². The van der Waals surface area contributed by atoms with E-state index in [1.165, 1.54) is 0 Å². The van der Waals surface area contributed by atoms with E-state index in [1.807, 2.05) is 23.1 Å². The molecule has 27 heavy (non-hydrogen) atoms. The normalized spacial score (nSPS) is 18.5. The number of carboxylic acid groups (broad SMARTS) is 1. The highest BCUT2D eigenvalue weighted by molar-refractivity contribution is 8.13. The standard InChI is InChI=1S/C20H30N2O4S/c23-18(15-16-7-2-3-12-21-16)11-10-17-8-6-9-19(24)22(17)13-4-1-5-14-27-20(25)26/h2-3,7,12,17-18,23H,1,4-6,8-11,13-15H2,(H,25,26)/t17-,18?/m1/s1. The third-order valence-electron chi connectivity index (χ3n) is 4.96. The van der Waals surface area contributed by atoms with Crippen molar-refractivity contribution in [1.29, 1.82) is 0 Å². The zero-order chi connectivity index (χ0) is 19.5. The Morgan fingerprint density at radius 1 is 1.33 bits per heavy atom. The summed E-state index contributed by atoms with van der Waals surface area (Å²) in [6.45, 7) is 0.734. The minimum atomic E-state index is -0.828. The maximum absolute atomic E-state index is 12.3. The second-order valence-corrected chi connectivity index (χ2v) is 8.11. The van der Waals surface area contributed by atoms with Gasteiger partial charge in [0.2, 0.25) is 5.91 Å². The molecule has 0 spiro atoms. The van der Waals surface area contributed by atoms with Gasteiger partial charge in [-0.05, 0) is 62.4 Å². The Morgan fingerprint density at radius 3 is 2.93 bits per heavy atom. The molecule has 150 valence electrons. The number of thioether (sulfide) groups is 1. The topological polar surface area (TPSA) is 90.7 Å². The number of rotatable bonds is 11. The van der Waals surface area contributed by atoms with Gasteiger partial charge in [-0.1, -0.05) is 12.5 Å². The first kappa shape index (κ1) is 21.7. The molecule has 2 rings (SSSR count). The second kappa shape index (κ2) is 12.0. The highest BCUT2D eigenvalue weighted by atomic mass is 32.2. The number of hydrogen-bond donors (Lipinski definition) is 2. The molecule has 0 saturated carbocycles. The predicted octanol–water partition coefficient (Wildman–Crippen LogP) is 3.73. The first-order valence-electron chi connectivity index (χ1n) is 9.79. The van der Waals surface area contributed by atoms with Gasteiger partial charge in [-0.2, -0.15) is 0 Å². The Hall–Kier alpha value is -1.60. The highest BCUT2D eigenvalue weighted by Gasteiger charge is 2.27. The van der Waals surface area contributed by atoms with Crippen molar-refractivity contribution < 1.29 is 19.8 Å². The SMILES string of the molecule is O=C(O)SCCCCCN1C(=O)CCC[C@@H]1CCC(O)Cc1ccccn1. The van der Waals surface area contributed by atoms with Gasteiger partial charge in [-0.25, -0.2) is 4.79 Å². The van der Waals surface area contributed by atoms with E-state index in [1.54, 1.807) is 6.20 Å². The summed E-state index contributed by atoms with van der Waals surface area (Å²) in [6, 6.07) is 5.91. The lowest BCUT2D eigenvalue weighted by molar-refractivity contribution is -0.136. The molecule has 0 aromatic carbocycles. The van der Waals surface area contributed by atoms with E-state index in [9.17, 15) is 14.7 Å². The molecule has 1 fully saturated rings. The Labute approximate surface area is 165 Å². The number of nitrogens with zero attached hydrogens (tertiary/aromatic N) is 2. The lowest BCUT2D eigenvalue weighted by atomic mass is 9.94. The number of pyridine rings is 1. The van der Waals surface area contributed by atoms with Gasteiger partial charge in [0.05, 0.1) is 6.10 Å². The maximum Gasteiger partial charge on any atom is 0.364 e. The molecule has 7 heteroatoms. The molecule has 1 aromatic rings. The lowest BCUT2D eigenvalue weighted by Gasteiger charge is -2.36. The van der Waals surface area contributed by atoms with Crippen LogP contribution < -0.4 is 0 Å².